The first-order valence-electron chi connectivity index (χ1n) is 6.11. The van der Waals surface area contributed by atoms with Gasteiger partial charge in [0.25, 0.3) is 0 Å². The van der Waals surface area contributed by atoms with Crippen LogP contribution in [0.3, 0.4) is 0 Å². The van der Waals surface area contributed by atoms with Gasteiger partial charge in [-0.2, -0.15) is 4.98 Å². The zero-order chi connectivity index (χ0) is 11.7. The molecule has 0 radical (unpaired) electrons. The average molecular weight is 231 g/mol. The summed E-state index contributed by atoms with van der Waals surface area (Å²) in [5.41, 5.74) is 2.10. The summed E-state index contributed by atoms with van der Waals surface area (Å²) in [5.74, 6) is 0.712. The van der Waals surface area contributed by atoms with Crippen LogP contribution in [0, 0.1) is 6.92 Å². The normalized spacial score (nSPS) is 19.9. The minimum atomic E-state index is 0.559. The molecule has 0 aromatic carbocycles. The molecule has 90 valence electrons. The smallest absolute Gasteiger partial charge is 0.243 e. The number of nitrogens with one attached hydrogen (secondary N) is 2. The fourth-order valence-electron chi connectivity index (χ4n) is 2.20. The van der Waals surface area contributed by atoms with E-state index < -0.39 is 0 Å². The third-order valence-corrected chi connectivity index (χ3v) is 3.16. The van der Waals surface area contributed by atoms with Gasteiger partial charge in [0.15, 0.2) is 5.65 Å². The van der Waals surface area contributed by atoms with Crippen LogP contribution in [-0.4, -0.2) is 33.7 Å². The lowest BCUT2D eigenvalue weighted by Crippen LogP contribution is -2.29. The highest BCUT2D eigenvalue weighted by atomic mass is 15.3. The molecule has 2 aromatic rings. The SMILES string of the molecule is Cc1ccn2nc(NCC3CCCN3)nc2c1. The molecule has 17 heavy (non-hydrogen) atoms. The van der Waals surface area contributed by atoms with E-state index in [4.69, 9.17) is 0 Å². The summed E-state index contributed by atoms with van der Waals surface area (Å²) in [6, 6.07) is 4.62. The molecule has 1 saturated heterocycles. The molecule has 1 fully saturated rings. The molecule has 0 aliphatic carbocycles. The van der Waals surface area contributed by atoms with Gasteiger partial charge in [0.2, 0.25) is 5.95 Å². The number of hydrogen-bond acceptors (Lipinski definition) is 4. The summed E-state index contributed by atoms with van der Waals surface area (Å²) in [6.07, 6.45) is 4.44. The van der Waals surface area contributed by atoms with Crippen LogP contribution in [-0.2, 0) is 0 Å². The number of pyridine rings is 1. The molecule has 0 bridgehead atoms. The van der Waals surface area contributed by atoms with Crippen LogP contribution in [0.5, 0.6) is 0 Å². The summed E-state index contributed by atoms with van der Waals surface area (Å²) in [6.45, 7) is 4.09. The predicted molar refractivity (Wildman–Crippen MR) is 67.2 cm³/mol. The Hall–Kier alpha value is -1.62. The van der Waals surface area contributed by atoms with Crippen LogP contribution in [0.25, 0.3) is 5.65 Å². The average Bonchev–Trinajstić information content (AvgIpc) is 2.94. The van der Waals surface area contributed by atoms with E-state index in [1.54, 1.807) is 4.52 Å². The fraction of sp³-hybridized carbons (Fsp3) is 0.500. The van der Waals surface area contributed by atoms with Crippen molar-refractivity contribution < 1.29 is 0 Å². The quantitative estimate of drug-likeness (QED) is 0.833. The standard InChI is InChI=1S/C12H17N5/c1-9-4-6-17-11(7-9)15-12(16-17)14-8-10-3-2-5-13-10/h4,6-7,10,13H,2-3,5,8H2,1H3,(H,14,16). The number of anilines is 1. The molecule has 1 aliphatic rings. The van der Waals surface area contributed by atoms with Crippen molar-refractivity contribution in [2.45, 2.75) is 25.8 Å². The van der Waals surface area contributed by atoms with Gasteiger partial charge < -0.3 is 10.6 Å². The number of hydrogen-bond donors (Lipinski definition) is 2. The third kappa shape index (κ3) is 2.24. The minimum Gasteiger partial charge on any atom is -0.351 e. The maximum Gasteiger partial charge on any atom is 0.243 e. The molecule has 2 N–H and O–H groups in total. The first kappa shape index (κ1) is 10.5. The molecule has 1 atom stereocenters. The third-order valence-electron chi connectivity index (χ3n) is 3.16. The number of aryl methyl sites for hydroxylation is 1. The lowest BCUT2D eigenvalue weighted by molar-refractivity contribution is 0.631. The lowest BCUT2D eigenvalue weighted by Gasteiger charge is -2.09. The van der Waals surface area contributed by atoms with Crippen molar-refractivity contribution in [2.75, 3.05) is 18.4 Å². The van der Waals surface area contributed by atoms with Crippen LogP contribution in [0.1, 0.15) is 18.4 Å². The van der Waals surface area contributed by atoms with E-state index in [1.807, 2.05) is 18.3 Å². The number of nitrogens with zero attached hydrogens (tertiary/aromatic N) is 3. The maximum absolute atomic E-state index is 4.45. The first-order valence-corrected chi connectivity index (χ1v) is 6.11. The van der Waals surface area contributed by atoms with Gasteiger partial charge in [-0.15, -0.1) is 5.10 Å². The van der Waals surface area contributed by atoms with E-state index in [2.05, 4.69) is 27.6 Å². The summed E-state index contributed by atoms with van der Waals surface area (Å²) >= 11 is 0. The van der Waals surface area contributed by atoms with E-state index in [-0.39, 0.29) is 0 Å². The van der Waals surface area contributed by atoms with Crippen molar-refractivity contribution in [3.05, 3.63) is 23.9 Å². The predicted octanol–water partition coefficient (Wildman–Crippen LogP) is 1.20. The zero-order valence-electron chi connectivity index (χ0n) is 9.98. The molecule has 0 spiro atoms. The Labute approximate surface area is 100 Å². The van der Waals surface area contributed by atoms with E-state index in [0.29, 0.717) is 12.0 Å². The van der Waals surface area contributed by atoms with Crippen molar-refractivity contribution >= 4 is 11.6 Å². The molecular weight excluding hydrogens is 214 g/mol. The van der Waals surface area contributed by atoms with Crippen molar-refractivity contribution in [2.24, 2.45) is 0 Å². The topological polar surface area (TPSA) is 54.2 Å². The van der Waals surface area contributed by atoms with Gasteiger partial charge in [-0.3, -0.25) is 0 Å². The minimum absolute atomic E-state index is 0.559. The second kappa shape index (κ2) is 4.33. The highest BCUT2D eigenvalue weighted by molar-refractivity contribution is 5.45. The Morgan fingerprint density at radius 3 is 3.35 bits per heavy atom. The Morgan fingerprint density at radius 2 is 2.53 bits per heavy atom. The van der Waals surface area contributed by atoms with Crippen molar-refractivity contribution in [3.8, 4) is 0 Å². The van der Waals surface area contributed by atoms with Gasteiger partial charge >= 0.3 is 0 Å². The molecule has 5 heteroatoms. The van der Waals surface area contributed by atoms with E-state index in [9.17, 15) is 0 Å². The van der Waals surface area contributed by atoms with Gasteiger partial charge in [-0.25, -0.2) is 4.52 Å². The lowest BCUT2D eigenvalue weighted by atomic mass is 10.2. The van der Waals surface area contributed by atoms with E-state index >= 15 is 0 Å². The maximum atomic E-state index is 4.45. The van der Waals surface area contributed by atoms with Crippen LogP contribution in [0.4, 0.5) is 5.95 Å². The zero-order valence-corrected chi connectivity index (χ0v) is 9.98. The van der Waals surface area contributed by atoms with Gasteiger partial charge in [0, 0.05) is 18.8 Å². The van der Waals surface area contributed by atoms with E-state index in [1.165, 1.54) is 18.4 Å². The Morgan fingerprint density at radius 1 is 1.59 bits per heavy atom. The highest BCUT2D eigenvalue weighted by Gasteiger charge is 2.14. The summed E-state index contributed by atoms with van der Waals surface area (Å²) in [4.78, 5) is 4.45. The van der Waals surface area contributed by atoms with Gasteiger partial charge in [-0.1, -0.05) is 0 Å². The molecule has 1 unspecified atom stereocenters. The van der Waals surface area contributed by atoms with E-state index in [0.717, 1.165) is 18.7 Å². The number of fused-ring (bicyclic) bond motifs is 1. The monoisotopic (exact) mass is 231 g/mol. The summed E-state index contributed by atoms with van der Waals surface area (Å²) in [5, 5.41) is 11.1. The van der Waals surface area contributed by atoms with Crippen molar-refractivity contribution in [1.82, 2.24) is 19.9 Å². The highest BCUT2D eigenvalue weighted by Crippen LogP contribution is 2.09. The molecule has 3 rings (SSSR count). The van der Waals surface area contributed by atoms with Crippen LogP contribution < -0.4 is 10.6 Å². The molecule has 0 amide bonds. The molecule has 2 aromatic heterocycles. The van der Waals surface area contributed by atoms with Gasteiger partial charge in [0.1, 0.15) is 0 Å². The molecule has 3 heterocycles. The van der Waals surface area contributed by atoms with Crippen LogP contribution in [0.15, 0.2) is 18.3 Å². The van der Waals surface area contributed by atoms with Crippen LogP contribution >= 0.6 is 0 Å². The van der Waals surface area contributed by atoms with Crippen molar-refractivity contribution in [1.29, 1.82) is 0 Å². The molecular formula is C12H17N5. The van der Waals surface area contributed by atoms with Gasteiger partial charge in [0.05, 0.1) is 0 Å². The largest absolute Gasteiger partial charge is 0.351 e. The fourth-order valence-corrected chi connectivity index (χ4v) is 2.20. The summed E-state index contributed by atoms with van der Waals surface area (Å²) in [7, 11) is 0. The van der Waals surface area contributed by atoms with Crippen molar-refractivity contribution in [3.63, 3.8) is 0 Å². The molecule has 5 nitrogen and oxygen atoms in total. The Balaban J connectivity index is 1.72. The van der Waals surface area contributed by atoms with Crippen LogP contribution in [0.2, 0.25) is 0 Å². The number of aromatic nitrogens is 3. The molecule has 1 aliphatic heterocycles. The Kier molecular flexibility index (Phi) is 2.68. The second-order valence-electron chi connectivity index (χ2n) is 4.62. The Bertz CT molecular complexity index is 513. The second-order valence-corrected chi connectivity index (χ2v) is 4.62. The van der Waals surface area contributed by atoms with Gasteiger partial charge in [-0.05, 0) is 44.0 Å². The molecule has 0 saturated carbocycles. The number of rotatable bonds is 3. The first-order chi connectivity index (χ1) is 8.31. The summed E-state index contributed by atoms with van der Waals surface area (Å²) < 4.78 is 1.80.